The van der Waals surface area contributed by atoms with Crippen molar-refractivity contribution in [1.82, 2.24) is 29.4 Å². The van der Waals surface area contributed by atoms with Crippen molar-refractivity contribution in [3.63, 3.8) is 0 Å². The summed E-state index contributed by atoms with van der Waals surface area (Å²) in [4.78, 5) is 11.4. The Bertz CT molecular complexity index is 1200. The molecular formula is C18H17F3N6S. The molecule has 4 aromatic heterocycles. The van der Waals surface area contributed by atoms with E-state index >= 15 is 0 Å². The lowest BCUT2D eigenvalue weighted by atomic mass is 9.89. The number of aryl methyl sites for hydroxylation is 2. The van der Waals surface area contributed by atoms with Gasteiger partial charge in [-0.25, -0.2) is 14.5 Å². The van der Waals surface area contributed by atoms with E-state index in [-0.39, 0.29) is 6.54 Å². The van der Waals surface area contributed by atoms with Crippen LogP contribution in [0.25, 0.3) is 15.9 Å². The molecule has 4 heterocycles. The minimum absolute atomic E-state index is 0.0778. The van der Waals surface area contributed by atoms with E-state index in [4.69, 9.17) is 0 Å². The van der Waals surface area contributed by atoms with E-state index in [1.807, 2.05) is 0 Å². The van der Waals surface area contributed by atoms with Crippen molar-refractivity contribution < 1.29 is 13.2 Å². The summed E-state index contributed by atoms with van der Waals surface area (Å²) in [7, 11) is 0. The molecule has 28 heavy (non-hydrogen) atoms. The van der Waals surface area contributed by atoms with Crippen molar-refractivity contribution in [2.45, 2.75) is 45.8 Å². The van der Waals surface area contributed by atoms with Gasteiger partial charge in [0.15, 0.2) is 17.2 Å². The van der Waals surface area contributed by atoms with E-state index < -0.39 is 11.9 Å². The number of thiophene rings is 1. The molecule has 10 heteroatoms. The van der Waals surface area contributed by atoms with E-state index in [2.05, 4.69) is 27.1 Å². The highest BCUT2D eigenvalue weighted by molar-refractivity contribution is 7.19. The standard InChI is InChI=1S/C18H17F3N6S/c1-9-3-4-11-12(5-9)28-17-15(11)16-23-14(25-27(16)8-22-17)7-26-10(2)6-13(24-26)18(19,20)21/h6,8-9H,3-5,7H2,1-2H3/t9-/m0/s1. The molecule has 0 saturated heterocycles. The van der Waals surface area contributed by atoms with Crippen LogP contribution >= 0.6 is 11.3 Å². The molecule has 0 aliphatic heterocycles. The number of fused-ring (bicyclic) bond motifs is 5. The third-order valence-corrected chi connectivity index (χ3v) is 6.40. The van der Waals surface area contributed by atoms with Crippen molar-refractivity contribution in [2.75, 3.05) is 0 Å². The van der Waals surface area contributed by atoms with Gasteiger partial charge in [0.25, 0.3) is 0 Å². The third-order valence-electron chi connectivity index (χ3n) is 5.24. The Balaban J connectivity index is 1.57. The maximum absolute atomic E-state index is 12.9. The first kappa shape index (κ1) is 17.6. The fourth-order valence-electron chi connectivity index (χ4n) is 3.79. The van der Waals surface area contributed by atoms with Gasteiger partial charge in [-0.2, -0.15) is 18.3 Å². The molecule has 0 spiro atoms. The molecule has 1 atom stereocenters. The number of aromatic nitrogens is 6. The van der Waals surface area contributed by atoms with Gasteiger partial charge >= 0.3 is 6.18 Å². The van der Waals surface area contributed by atoms with Crippen LogP contribution in [-0.2, 0) is 25.6 Å². The van der Waals surface area contributed by atoms with Crippen molar-refractivity contribution in [1.29, 1.82) is 0 Å². The number of hydrogen-bond acceptors (Lipinski definition) is 5. The average Bonchev–Trinajstić information content (AvgIpc) is 3.28. The Morgan fingerprint density at radius 2 is 2.11 bits per heavy atom. The van der Waals surface area contributed by atoms with Crippen LogP contribution in [0.2, 0.25) is 0 Å². The van der Waals surface area contributed by atoms with Crippen LogP contribution < -0.4 is 0 Å². The van der Waals surface area contributed by atoms with E-state index in [0.717, 1.165) is 35.5 Å². The number of hydrogen-bond donors (Lipinski definition) is 0. The fourth-order valence-corrected chi connectivity index (χ4v) is 5.14. The fraction of sp³-hybridized carbons (Fsp3) is 0.444. The Hall–Kier alpha value is -2.49. The molecule has 1 aliphatic carbocycles. The SMILES string of the molecule is Cc1cc(C(F)(F)F)nn1Cc1nc2c3c4c(sc3ncn2n1)C[C@@H](C)CC4. The van der Waals surface area contributed by atoms with E-state index in [0.29, 0.717) is 23.1 Å². The molecule has 0 unspecified atom stereocenters. The van der Waals surface area contributed by atoms with Crippen LogP contribution in [0.15, 0.2) is 12.4 Å². The number of nitrogens with zero attached hydrogens (tertiary/aromatic N) is 6. The molecule has 5 rings (SSSR count). The summed E-state index contributed by atoms with van der Waals surface area (Å²) in [5, 5.41) is 9.11. The quantitative estimate of drug-likeness (QED) is 0.504. The van der Waals surface area contributed by atoms with Crippen LogP contribution in [0.3, 0.4) is 0 Å². The first-order valence-corrected chi connectivity index (χ1v) is 9.87. The number of halogens is 3. The van der Waals surface area contributed by atoms with Crippen LogP contribution in [-0.4, -0.2) is 29.4 Å². The first-order chi connectivity index (χ1) is 13.3. The molecule has 146 valence electrons. The van der Waals surface area contributed by atoms with Crippen LogP contribution in [0.1, 0.15) is 41.0 Å². The van der Waals surface area contributed by atoms with Gasteiger partial charge < -0.3 is 0 Å². The van der Waals surface area contributed by atoms with Gasteiger partial charge in [-0.15, -0.1) is 16.4 Å². The molecule has 6 nitrogen and oxygen atoms in total. The highest BCUT2D eigenvalue weighted by atomic mass is 32.1. The van der Waals surface area contributed by atoms with Gasteiger partial charge in [-0.1, -0.05) is 6.92 Å². The van der Waals surface area contributed by atoms with E-state index in [9.17, 15) is 13.2 Å². The van der Waals surface area contributed by atoms with Crippen LogP contribution in [0.5, 0.6) is 0 Å². The Labute approximate surface area is 162 Å². The second-order valence-electron chi connectivity index (χ2n) is 7.40. The lowest BCUT2D eigenvalue weighted by molar-refractivity contribution is -0.141. The highest BCUT2D eigenvalue weighted by Gasteiger charge is 2.34. The van der Waals surface area contributed by atoms with Gasteiger partial charge in [0.05, 0.1) is 5.39 Å². The second-order valence-corrected chi connectivity index (χ2v) is 8.48. The maximum atomic E-state index is 12.9. The molecule has 0 bridgehead atoms. The molecule has 0 aromatic carbocycles. The Morgan fingerprint density at radius 1 is 1.29 bits per heavy atom. The second kappa shape index (κ2) is 6.00. The van der Waals surface area contributed by atoms with Gasteiger partial charge in [-0.3, -0.25) is 4.68 Å². The molecule has 0 N–H and O–H groups in total. The number of rotatable bonds is 2. The Morgan fingerprint density at radius 3 is 2.86 bits per heavy atom. The highest BCUT2D eigenvalue weighted by Crippen LogP contribution is 2.38. The van der Waals surface area contributed by atoms with Crippen LogP contribution in [0.4, 0.5) is 13.2 Å². The number of alkyl halides is 3. The van der Waals surface area contributed by atoms with Crippen molar-refractivity contribution in [3.8, 4) is 0 Å². The van der Waals surface area contributed by atoms with E-state index in [1.54, 1.807) is 29.1 Å². The predicted octanol–water partition coefficient (Wildman–Crippen LogP) is 4.04. The molecule has 4 aromatic rings. The van der Waals surface area contributed by atoms with Gasteiger partial charge in [0.2, 0.25) is 0 Å². The van der Waals surface area contributed by atoms with E-state index in [1.165, 1.54) is 15.1 Å². The summed E-state index contributed by atoms with van der Waals surface area (Å²) >= 11 is 1.71. The van der Waals surface area contributed by atoms with Crippen molar-refractivity contribution in [3.05, 3.63) is 40.0 Å². The summed E-state index contributed by atoms with van der Waals surface area (Å²) in [6.07, 6.45) is 0.332. The zero-order valence-electron chi connectivity index (χ0n) is 15.3. The zero-order chi connectivity index (χ0) is 19.6. The molecule has 0 radical (unpaired) electrons. The summed E-state index contributed by atoms with van der Waals surface area (Å²) in [6, 6.07) is 1.03. The van der Waals surface area contributed by atoms with Crippen molar-refractivity contribution in [2.24, 2.45) is 5.92 Å². The first-order valence-electron chi connectivity index (χ1n) is 9.05. The summed E-state index contributed by atoms with van der Waals surface area (Å²) in [6.45, 7) is 3.93. The lowest BCUT2D eigenvalue weighted by Crippen LogP contribution is -2.09. The summed E-state index contributed by atoms with van der Waals surface area (Å²) < 4.78 is 41.6. The largest absolute Gasteiger partial charge is 0.435 e. The zero-order valence-corrected chi connectivity index (χ0v) is 16.1. The minimum atomic E-state index is -4.47. The average molecular weight is 406 g/mol. The van der Waals surface area contributed by atoms with Gasteiger partial charge in [-0.05, 0) is 43.7 Å². The Kier molecular flexibility index (Phi) is 3.77. The summed E-state index contributed by atoms with van der Waals surface area (Å²) in [5.74, 6) is 1.08. The van der Waals surface area contributed by atoms with Gasteiger partial charge in [0, 0.05) is 10.6 Å². The normalized spacial score (nSPS) is 17.5. The molecule has 0 amide bonds. The lowest BCUT2D eigenvalue weighted by Gasteiger charge is -2.17. The monoisotopic (exact) mass is 406 g/mol. The smallest absolute Gasteiger partial charge is 0.262 e. The van der Waals surface area contributed by atoms with Crippen LogP contribution in [0, 0.1) is 12.8 Å². The molecular weight excluding hydrogens is 389 g/mol. The summed E-state index contributed by atoms with van der Waals surface area (Å²) in [5.41, 5.74) is 1.52. The predicted molar refractivity (Wildman–Crippen MR) is 98.4 cm³/mol. The maximum Gasteiger partial charge on any atom is 0.435 e. The molecule has 0 fully saturated rings. The minimum Gasteiger partial charge on any atom is -0.262 e. The van der Waals surface area contributed by atoms with Gasteiger partial charge in [0.1, 0.15) is 17.7 Å². The molecule has 0 saturated carbocycles. The molecule has 1 aliphatic rings. The topological polar surface area (TPSA) is 60.9 Å². The van der Waals surface area contributed by atoms with Crippen molar-refractivity contribution >= 4 is 27.2 Å². The third kappa shape index (κ3) is 2.78.